The van der Waals surface area contributed by atoms with Gasteiger partial charge in [0.15, 0.2) is 0 Å². The number of fused-ring (bicyclic) bond motifs is 1. The van der Waals surface area contributed by atoms with Crippen LogP contribution in [0.5, 0.6) is 0 Å². The minimum Gasteiger partial charge on any atom is -0.542 e. The molecule has 2 aromatic heterocycles. The van der Waals surface area contributed by atoms with Gasteiger partial charge in [0, 0.05) is 12.4 Å². The van der Waals surface area contributed by atoms with Gasteiger partial charge < -0.3 is 9.90 Å². The monoisotopic (exact) mass is 202 g/mol. The van der Waals surface area contributed by atoms with E-state index in [9.17, 15) is 9.90 Å². The first kappa shape index (κ1) is 10.6. The maximum atomic E-state index is 10.4. The molecule has 0 spiro atoms. The normalized spacial score (nSPS) is 9.54. The molecule has 0 saturated carbocycles. The second-order valence-corrected chi connectivity index (χ2v) is 3.18. The van der Waals surface area contributed by atoms with Crippen LogP contribution in [0.1, 0.15) is 9.80 Å². The standard InChI is InChI=1S/C7H4N2O2S.Na/c10-7(11)6-9-4-1-2-8-3-5(4)12-6;/h1-3H,(H,10,11);/q;+1/p-1. The van der Waals surface area contributed by atoms with Gasteiger partial charge in [-0.2, -0.15) is 0 Å². The van der Waals surface area contributed by atoms with Crippen LogP contribution in [0.15, 0.2) is 18.5 Å². The molecular weight excluding hydrogens is 199 g/mol. The number of carbonyl (C=O) groups excluding carboxylic acids is 1. The van der Waals surface area contributed by atoms with Crippen LogP contribution in [-0.4, -0.2) is 15.9 Å². The number of carboxylic acids is 1. The van der Waals surface area contributed by atoms with E-state index in [0.29, 0.717) is 5.52 Å². The van der Waals surface area contributed by atoms with Gasteiger partial charge in [0.05, 0.1) is 10.2 Å². The van der Waals surface area contributed by atoms with Gasteiger partial charge in [0.1, 0.15) is 11.0 Å². The summed E-state index contributed by atoms with van der Waals surface area (Å²) >= 11 is 1.07. The quantitative estimate of drug-likeness (QED) is 0.464. The Morgan fingerprint density at radius 2 is 2.31 bits per heavy atom. The van der Waals surface area contributed by atoms with Crippen LogP contribution >= 0.6 is 11.3 Å². The second kappa shape index (κ2) is 4.15. The molecule has 0 bridgehead atoms. The number of carbonyl (C=O) groups is 1. The number of aromatic nitrogens is 2. The molecule has 0 atom stereocenters. The molecule has 6 heteroatoms. The van der Waals surface area contributed by atoms with E-state index < -0.39 is 5.97 Å². The van der Waals surface area contributed by atoms with E-state index in [1.54, 1.807) is 18.5 Å². The summed E-state index contributed by atoms with van der Waals surface area (Å²) in [4.78, 5) is 18.1. The van der Waals surface area contributed by atoms with Gasteiger partial charge in [0.25, 0.3) is 0 Å². The van der Waals surface area contributed by atoms with E-state index >= 15 is 0 Å². The van der Waals surface area contributed by atoms with Crippen LogP contribution in [0.3, 0.4) is 0 Å². The summed E-state index contributed by atoms with van der Waals surface area (Å²) in [5.74, 6) is -1.24. The Labute approximate surface area is 99.9 Å². The summed E-state index contributed by atoms with van der Waals surface area (Å²) in [7, 11) is 0. The van der Waals surface area contributed by atoms with Crippen LogP contribution in [0.25, 0.3) is 10.2 Å². The Hall–Kier alpha value is -0.490. The van der Waals surface area contributed by atoms with E-state index in [2.05, 4.69) is 9.97 Å². The summed E-state index contributed by atoms with van der Waals surface area (Å²) in [5, 5.41) is 10.4. The van der Waals surface area contributed by atoms with Crippen molar-refractivity contribution < 1.29 is 39.5 Å². The molecule has 0 radical (unpaired) electrons. The van der Waals surface area contributed by atoms with Crippen molar-refractivity contribution in [2.75, 3.05) is 0 Å². The van der Waals surface area contributed by atoms with Gasteiger partial charge >= 0.3 is 29.6 Å². The second-order valence-electron chi connectivity index (χ2n) is 2.15. The Morgan fingerprint density at radius 3 is 2.92 bits per heavy atom. The van der Waals surface area contributed by atoms with Crippen molar-refractivity contribution in [3.63, 3.8) is 0 Å². The van der Waals surface area contributed by atoms with Gasteiger partial charge in [-0.25, -0.2) is 4.98 Å². The fourth-order valence-corrected chi connectivity index (χ4v) is 1.63. The average Bonchev–Trinajstić information content (AvgIpc) is 2.46. The van der Waals surface area contributed by atoms with Gasteiger partial charge in [-0.05, 0) is 6.07 Å². The van der Waals surface area contributed by atoms with E-state index in [4.69, 9.17) is 0 Å². The van der Waals surface area contributed by atoms with Crippen molar-refractivity contribution in [1.82, 2.24) is 9.97 Å². The van der Waals surface area contributed by atoms with E-state index in [0.717, 1.165) is 16.0 Å². The third-order valence-electron chi connectivity index (χ3n) is 1.37. The summed E-state index contributed by atoms with van der Waals surface area (Å²) in [6, 6.07) is 1.66. The molecule has 0 fully saturated rings. The number of carboxylic acid groups (broad SMARTS) is 1. The first-order chi connectivity index (χ1) is 5.77. The van der Waals surface area contributed by atoms with Crippen LogP contribution in [0.4, 0.5) is 0 Å². The van der Waals surface area contributed by atoms with E-state index in [1.165, 1.54) is 0 Å². The Kier molecular flexibility index (Phi) is 3.38. The average molecular weight is 202 g/mol. The minimum absolute atomic E-state index is 0. The van der Waals surface area contributed by atoms with Crippen molar-refractivity contribution in [2.45, 2.75) is 0 Å². The molecule has 0 N–H and O–H groups in total. The van der Waals surface area contributed by atoms with Crippen molar-refractivity contribution >= 4 is 27.5 Å². The number of hydrogen-bond acceptors (Lipinski definition) is 5. The summed E-state index contributed by atoms with van der Waals surface area (Å²) in [6.45, 7) is 0. The SMILES string of the molecule is O=C([O-])c1nc2ccncc2s1.[Na+]. The molecule has 0 aliphatic rings. The van der Waals surface area contributed by atoms with Crippen LogP contribution in [-0.2, 0) is 0 Å². The van der Waals surface area contributed by atoms with Gasteiger partial charge in [-0.3, -0.25) is 4.98 Å². The topological polar surface area (TPSA) is 65.9 Å². The predicted molar refractivity (Wildman–Crippen MR) is 41.7 cm³/mol. The Balaban J connectivity index is 0.000000845. The fraction of sp³-hybridized carbons (Fsp3) is 0. The van der Waals surface area contributed by atoms with E-state index in [1.807, 2.05) is 0 Å². The summed E-state index contributed by atoms with van der Waals surface area (Å²) in [5.41, 5.74) is 0.647. The zero-order valence-electron chi connectivity index (χ0n) is 6.85. The molecule has 0 unspecified atom stereocenters. The van der Waals surface area contributed by atoms with Crippen LogP contribution < -0.4 is 34.7 Å². The molecule has 0 saturated heterocycles. The molecular formula is C7H3N2NaO2S. The number of hydrogen-bond donors (Lipinski definition) is 0. The summed E-state index contributed by atoms with van der Waals surface area (Å²) in [6.07, 6.45) is 3.15. The zero-order chi connectivity index (χ0) is 8.55. The van der Waals surface area contributed by atoms with Crippen LogP contribution in [0, 0.1) is 0 Å². The molecule has 60 valence electrons. The molecule has 2 aromatic rings. The third-order valence-corrected chi connectivity index (χ3v) is 2.35. The zero-order valence-corrected chi connectivity index (χ0v) is 9.67. The maximum absolute atomic E-state index is 10.4. The smallest absolute Gasteiger partial charge is 0.542 e. The van der Waals surface area contributed by atoms with Gasteiger partial charge in [0.2, 0.25) is 0 Å². The fourth-order valence-electron chi connectivity index (χ4n) is 0.867. The number of thiazole rings is 1. The molecule has 0 aliphatic heterocycles. The molecule has 0 amide bonds. The molecule has 13 heavy (non-hydrogen) atoms. The number of nitrogens with zero attached hydrogens (tertiary/aromatic N) is 2. The van der Waals surface area contributed by atoms with Crippen molar-refractivity contribution in [3.05, 3.63) is 23.5 Å². The number of rotatable bonds is 1. The summed E-state index contributed by atoms with van der Waals surface area (Å²) < 4.78 is 0.761. The van der Waals surface area contributed by atoms with Crippen molar-refractivity contribution in [3.8, 4) is 0 Å². The van der Waals surface area contributed by atoms with E-state index in [-0.39, 0.29) is 34.6 Å². The molecule has 2 heterocycles. The van der Waals surface area contributed by atoms with Crippen molar-refractivity contribution in [2.24, 2.45) is 0 Å². The minimum atomic E-state index is -1.24. The number of pyridine rings is 1. The van der Waals surface area contributed by atoms with Gasteiger partial charge in [-0.1, -0.05) is 0 Å². The number of aromatic carboxylic acids is 1. The van der Waals surface area contributed by atoms with Gasteiger partial charge in [-0.15, -0.1) is 11.3 Å². The Bertz CT molecular complexity index is 410. The first-order valence-corrected chi connectivity index (χ1v) is 4.01. The molecule has 0 aliphatic carbocycles. The largest absolute Gasteiger partial charge is 1.00 e. The first-order valence-electron chi connectivity index (χ1n) is 3.19. The third kappa shape index (κ3) is 2.05. The predicted octanol–water partition coefficient (Wildman–Crippen LogP) is -2.94. The molecule has 4 nitrogen and oxygen atoms in total. The molecule has 2 rings (SSSR count). The molecule has 0 aromatic carbocycles. The Morgan fingerprint density at radius 1 is 1.54 bits per heavy atom. The van der Waals surface area contributed by atoms with Crippen molar-refractivity contribution in [1.29, 1.82) is 0 Å². The van der Waals surface area contributed by atoms with Crippen LogP contribution in [0.2, 0.25) is 0 Å². The maximum Gasteiger partial charge on any atom is 1.00 e.